The summed E-state index contributed by atoms with van der Waals surface area (Å²) in [5, 5.41) is 8.81. The standard InChI is InChI=1S/C13H22N2O4/c1-13(2,3)19-12(18)15-9-7-10(15)11(17)14(8-9)5-4-6-16/h9-10,16H,4-8H2,1-3H3. The molecule has 3 aliphatic rings. The van der Waals surface area contributed by atoms with Gasteiger partial charge >= 0.3 is 6.09 Å². The molecule has 19 heavy (non-hydrogen) atoms. The first-order chi connectivity index (χ1) is 8.83. The van der Waals surface area contributed by atoms with E-state index in [0.29, 0.717) is 19.5 Å². The van der Waals surface area contributed by atoms with Crippen LogP contribution in [-0.4, -0.2) is 64.3 Å². The highest BCUT2D eigenvalue weighted by molar-refractivity contribution is 5.89. The molecule has 0 aromatic carbocycles. The Kier molecular flexibility index (Phi) is 3.71. The van der Waals surface area contributed by atoms with E-state index in [1.165, 1.54) is 0 Å². The predicted octanol–water partition coefficient (Wildman–Crippen LogP) is 0.589. The normalized spacial score (nSPS) is 26.2. The number of rotatable bonds is 3. The summed E-state index contributed by atoms with van der Waals surface area (Å²) in [5.74, 6) is -0.0261. The Labute approximate surface area is 113 Å². The summed E-state index contributed by atoms with van der Waals surface area (Å²) in [7, 11) is 0. The van der Waals surface area contributed by atoms with E-state index in [4.69, 9.17) is 9.84 Å². The monoisotopic (exact) mass is 270 g/mol. The summed E-state index contributed by atoms with van der Waals surface area (Å²) in [6.45, 7) is 6.63. The molecule has 3 aliphatic heterocycles. The van der Waals surface area contributed by atoms with Crippen molar-refractivity contribution in [1.29, 1.82) is 0 Å². The van der Waals surface area contributed by atoms with Crippen molar-refractivity contribution in [2.45, 2.75) is 51.3 Å². The topological polar surface area (TPSA) is 70.1 Å². The van der Waals surface area contributed by atoms with Gasteiger partial charge in [-0.1, -0.05) is 0 Å². The zero-order valence-corrected chi connectivity index (χ0v) is 11.8. The van der Waals surface area contributed by atoms with E-state index < -0.39 is 11.7 Å². The lowest BCUT2D eigenvalue weighted by atomic mass is 9.87. The van der Waals surface area contributed by atoms with Crippen molar-refractivity contribution in [3.8, 4) is 0 Å². The second-order valence-corrected chi connectivity index (χ2v) is 6.15. The van der Waals surface area contributed by atoms with Crippen LogP contribution in [0.5, 0.6) is 0 Å². The van der Waals surface area contributed by atoms with Crippen LogP contribution in [0, 0.1) is 0 Å². The van der Waals surface area contributed by atoms with Crippen LogP contribution in [0.2, 0.25) is 0 Å². The van der Waals surface area contributed by atoms with Gasteiger partial charge in [0.25, 0.3) is 0 Å². The Morgan fingerprint density at radius 2 is 2.16 bits per heavy atom. The fourth-order valence-corrected chi connectivity index (χ4v) is 2.59. The van der Waals surface area contributed by atoms with Crippen molar-refractivity contribution in [1.82, 2.24) is 9.80 Å². The Morgan fingerprint density at radius 3 is 2.68 bits per heavy atom. The molecule has 2 unspecified atom stereocenters. The molecule has 3 saturated heterocycles. The quantitative estimate of drug-likeness (QED) is 0.815. The first kappa shape index (κ1) is 14.1. The molecule has 2 amide bonds. The maximum absolute atomic E-state index is 12.1. The second kappa shape index (κ2) is 5.00. The molecule has 0 spiro atoms. The first-order valence-corrected chi connectivity index (χ1v) is 6.74. The number of piperazine rings is 1. The number of hydrogen-bond donors (Lipinski definition) is 1. The summed E-state index contributed by atoms with van der Waals surface area (Å²) in [4.78, 5) is 27.4. The van der Waals surface area contributed by atoms with Crippen molar-refractivity contribution >= 4 is 12.0 Å². The number of aliphatic hydroxyl groups is 1. The molecule has 2 bridgehead atoms. The predicted molar refractivity (Wildman–Crippen MR) is 68.5 cm³/mol. The number of ether oxygens (including phenoxy) is 1. The molecule has 0 aromatic rings. The molecule has 108 valence electrons. The van der Waals surface area contributed by atoms with Gasteiger partial charge in [-0.3, -0.25) is 9.69 Å². The first-order valence-electron chi connectivity index (χ1n) is 6.74. The molecule has 6 heteroatoms. The minimum Gasteiger partial charge on any atom is -0.444 e. The van der Waals surface area contributed by atoms with Crippen LogP contribution in [0.25, 0.3) is 0 Å². The van der Waals surface area contributed by atoms with Crippen LogP contribution in [0.15, 0.2) is 0 Å². The van der Waals surface area contributed by atoms with E-state index in [0.717, 1.165) is 6.42 Å². The Balaban J connectivity index is 1.95. The molecule has 0 aromatic heterocycles. The number of carbonyl (C=O) groups is 2. The number of amides is 2. The number of hydrogen-bond acceptors (Lipinski definition) is 4. The van der Waals surface area contributed by atoms with Crippen LogP contribution in [0.3, 0.4) is 0 Å². The van der Waals surface area contributed by atoms with Gasteiger partial charge in [0.2, 0.25) is 5.91 Å². The minimum atomic E-state index is -0.541. The van der Waals surface area contributed by atoms with E-state index in [1.54, 1.807) is 9.80 Å². The Morgan fingerprint density at radius 1 is 1.47 bits per heavy atom. The van der Waals surface area contributed by atoms with Crippen LogP contribution < -0.4 is 0 Å². The summed E-state index contributed by atoms with van der Waals surface area (Å²) in [6, 6.07) is -0.302. The number of nitrogens with zero attached hydrogens (tertiary/aromatic N) is 2. The molecule has 3 rings (SSSR count). The van der Waals surface area contributed by atoms with Gasteiger partial charge < -0.3 is 14.7 Å². The van der Waals surface area contributed by atoms with Crippen molar-refractivity contribution in [2.75, 3.05) is 19.7 Å². The van der Waals surface area contributed by atoms with Gasteiger partial charge in [0.05, 0.1) is 6.04 Å². The van der Waals surface area contributed by atoms with Gasteiger partial charge in [0, 0.05) is 19.7 Å². The highest BCUT2D eigenvalue weighted by Gasteiger charge is 2.53. The van der Waals surface area contributed by atoms with Crippen molar-refractivity contribution < 1.29 is 19.4 Å². The fourth-order valence-electron chi connectivity index (χ4n) is 2.59. The van der Waals surface area contributed by atoms with Crippen molar-refractivity contribution in [2.24, 2.45) is 0 Å². The van der Waals surface area contributed by atoms with Gasteiger partial charge in [-0.25, -0.2) is 4.79 Å². The van der Waals surface area contributed by atoms with Crippen LogP contribution in [-0.2, 0) is 9.53 Å². The van der Waals surface area contributed by atoms with Crippen LogP contribution in [0.1, 0.15) is 33.6 Å². The van der Waals surface area contributed by atoms with Crippen molar-refractivity contribution in [3.05, 3.63) is 0 Å². The molecule has 2 atom stereocenters. The molecule has 0 saturated carbocycles. The molecule has 3 heterocycles. The number of aliphatic hydroxyl groups excluding tert-OH is 1. The van der Waals surface area contributed by atoms with E-state index in [2.05, 4.69) is 0 Å². The third-order valence-electron chi connectivity index (χ3n) is 3.44. The molecular formula is C13H22N2O4. The second-order valence-electron chi connectivity index (χ2n) is 6.15. The van der Waals surface area contributed by atoms with Gasteiger partial charge in [-0.15, -0.1) is 0 Å². The average Bonchev–Trinajstić information content (AvgIpc) is 2.23. The summed E-state index contributed by atoms with van der Waals surface area (Å²) < 4.78 is 5.32. The Hall–Kier alpha value is -1.30. The average molecular weight is 270 g/mol. The molecule has 0 radical (unpaired) electrons. The summed E-state index contributed by atoms with van der Waals surface area (Å²) >= 11 is 0. The molecule has 3 fully saturated rings. The Bertz CT molecular complexity index is 377. The maximum Gasteiger partial charge on any atom is 0.411 e. The maximum atomic E-state index is 12.1. The van der Waals surface area contributed by atoms with Crippen LogP contribution in [0.4, 0.5) is 4.79 Å². The van der Waals surface area contributed by atoms with E-state index in [9.17, 15) is 9.59 Å². The lowest BCUT2D eigenvalue weighted by Gasteiger charge is -2.54. The molecule has 6 nitrogen and oxygen atoms in total. The molecular weight excluding hydrogens is 248 g/mol. The van der Waals surface area contributed by atoms with Gasteiger partial charge in [-0.05, 0) is 33.6 Å². The SMILES string of the molecule is CC(C)(C)OC(=O)N1C2CC1C(=O)N(CCCO)C2. The zero-order valence-electron chi connectivity index (χ0n) is 11.8. The smallest absolute Gasteiger partial charge is 0.411 e. The largest absolute Gasteiger partial charge is 0.444 e. The number of piperidine rings is 1. The van der Waals surface area contributed by atoms with E-state index >= 15 is 0 Å². The summed E-state index contributed by atoms with van der Waals surface area (Å²) in [6.07, 6.45) is 0.912. The van der Waals surface area contributed by atoms with Crippen molar-refractivity contribution in [3.63, 3.8) is 0 Å². The minimum absolute atomic E-state index is 0.0261. The molecule has 0 aliphatic carbocycles. The van der Waals surface area contributed by atoms with Gasteiger partial charge in [0.15, 0.2) is 0 Å². The number of carbonyl (C=O) groups excluding carboxylic acids is 2. The number of fused-ring (bicyclic) bond motifs is 2. The fraction of sp³-hybridized carbons (Fsp3) is 0.846. The van der Waals surface area contributed by atoms with E-state index in [-0.39, 0.29) is 24.6 Å². The lowest BCUT2D eigenvalue weighted by molar-refractivity contribution is -0.158. The third-order valence-corrected chi connectivity index (χ3v) is 3.44. The lowest BCUT2D eigenvalue weighted by Crippen LogP contribution is -2.73. The summed E-state index contributed by atoms with van der Waals surface area (Å²) in [5.41, 5.74) is -0.541. The highest BCUT2D eigenvalue weighted by Crippen LogP contribution is 2.34. The zero-order chi connectivity index (χ0) is 14.2. The van der Waals surface area contributed by atoms with Gasteiger partial charge in [0.1, 0.15) is 11.6 Å². The van der Waals surface area contributed by atoms with Gasteiger partial charge in [-0.2, -0.15) is 0 Å². The molecule has 1 N–H and O–H groups in total. The van der Waals surface area contributed by atoms with Crippen LogP contribution >= 0.6 is 0 Å². The van der Waals surface area contributed by atoms with E-state index in [1.807, 2.05) is 20.8 Å². The highest BCUT2D eigenvalue weighted by atomic mass is 16.6. The third kappa shape index (κ3) is 2.83.